The monoisotopic (exact) mass is 308 g/mol. The fourth-order valence-corrected chi connectivity index (χ4v) is 5.75. The quantitative estimate of drug-likeness (QED) is 0.719. The molecule has 0 atom stereocenters. The van der Waals surface area contributed by atoms with Gasteiger partial charge in [0.2, 0.25) is 0 Å². The molecule has 1 saturated heterocycles. The molecule has 1 spiro atoms. The number of hydrogen-bond donors (Lipinski definition) is 1. The minimum Gasteiger partial charge on any atom is -0.330 e. The van der Waals surface area contributed by atoms with E-state index in [0.717, 1.165) is 13.0 Å². The Morgan fingerprint density at radius 2 is 1.50 bits per heavy atom. The van der Waals surface area contributed by atoms with Gasteiger partial charge in [-0.05, 0) is 95.7 Å². The molecule has 2 fully saturated rings. The molecule has 1 heterocycles. The van der Waals surface area contributed by atoms with Crippen LogP contribution in [0.25, 0.3) is 0 Å². The van der Waals surface area contributed by atoms with Crippen molar-refractivity contribution in [2.75, 3.05) is 19.6 Å². The summed E-state index contributed by atoms with van der Waals surface area (Å²) < 4.78 is 0. The second-order valence-corrected chi connectivity index (χ2v) is 8.72. The number of nitrogens with two attached hydrogens (primary N) is 1. The van der Waals surface area contributed by atoms with Crippen LogP contribution < -0.4 is 5.73 Å². The Morgan fingerprint density at radius 3 is 2.00 bits per heavy atom. The lowest BCUT2D eigenvalue weighted by atomic mass is 9.55. The predicted molar refractivity (Wildman–Crippen MR) is 97.1 cm³/mol. The van der Waals surface area contributed by atoms with Gasteiger partial charge in [0.05, 0.1) is 0 Å². The van der Waals surface area contributed by atoms with Gasteiger partial charge in [-0.2, -0.15) is 0 Å². The molecular weight excluding hydrogens is 268 g/mol. The second kappa shape index (κ2) is 7.21. The molecule has 2 rings (SSSR count). The SMILES string of the molecule is CCCC1(CCC)CCC2(CCN(CCCN)C2(C)C)CC1. The van der Waals surface area contributed by atoms with Crippen molar-refractivity contribution in [3.05, 3.63) is 0 Å². The summed E-state index contributed by atoms with van der Waals surface area (Å²) in [5.74, 6) is 0. The topological polar surface area (TPSA) is 29.3 Å². The second-order valence-electron chi connectivity index (χ2n) is 8.72. The van der Waals surface area contributed by atoms with E-state index in [-0.39, 0.29) is 0 Å². The number of likely N-dealkylation sites (tertiary alicyclic amines) is 1. The normalized spacial score (nSPS) is 26.6. The van der Waals surface area contributed by atoms with Gasteiger partial charge in [0, 0.05) is 5.54 Å². The molecular formula is C20H40N2. The van der Waals surface area contributed by atoms with Crippen molar-refractivity contribution in [1.29, 1.82) is 0 Å². The third-order valence-electron chi connectivity index (χ3n) is 7.41. The number of nitrogens with zero attached hydrogens (tertiary/aromatic N) is 1. The van der Waals surface area contributed by atoms with Crippen molar-refractivity contribution in [2.24, 2.45) is 16.6 Å². The highest BCUT2D eigenvalue weighted by Gasteiger charge is 2.55. The lowest BCUT2D eigenvalue weighted by Gasteiger charge is -2.52. The maximum atomic E-state index is 5.74. The van der Waals surface area contributed by atoms with Crippen LogP contribution in [0.1, 0.15) is 91.9 Å². The molecule has 130 valence electrons. The maximum absolute atomic E-state index is 5.74. The first-order valence-corrected chi connectivity index (χ1v) is 9.90. The first kappa shape index (κ1) is 18.3. The molecule has 0 radical (unpaired) electrons. The molecule has 0 aromatic carbocycles. The Hall–Kier alpha value is -0.0800. The summed E-state index contributed by atoms with van der Waals surface area (Å²) in [7, 11) is 0. The molecule has 2 nitrogen and oxygen atoms in total. The molecule has 1 saturated carbocycles. The van der Waals surface area contributed by atoms with Crippen molar-refractivity contribution in [1.82, 2.24) is 4.90 Å². The highest BCUT2D eigenvalue weighted by molar-refractivity contribution is 5.09. The third-order valence-corrected chi connectivity index (χ3v) is 7.41. The summed E-state index contributed by atoms with van der Waals surface area (Å²) in [6.45, 7) is 13.1. The van der Waals surface area contributed by atoms with E-state index >= 15 is 0 Å². The largest absolute Gasteiger partial charge is 0.330 e. The lowest BCUT2D eigenvalue weighted by Crippen LogP contribution is -2.52. The van der Waals surface area contributed by atoms with E-state index in [0.29, 0.717) is 16.4 Å². The summed E-state index contributed by atoms with van der Waals surface area (Å²) in [6.07, 6.45) is 14.1. The average molecular weight is 309 g/mol. The van der Waals surface area contributed by atoms with E-state index < -0.39 is 0 Å². The Morgan fingerprint density at radius 1 is 0.909 bits per heavy atom. The third kappa shape index (κ3) is 3.24. The molecule has 0 aromatic heterocycles. The van der Waals surface area contributed by atoms with E-state index in [9.17, 15) is 0 Å². The van der Waals surface area contributed by atoms with Crippen LogP contribution in [-0.2, 0) is 0 Å². The molecule has 22 heavy (non-hydrogen) atoms. The molecule has 0 bridgehead atoms. The zero-order valence-electron chi connectivity index (χ0n) is 15.7. The van der Waals surface area contributed by atoms with Gasteiger partial charge in [-0.25, -0.2) is 0 Å². The van der Waals surface area contributed by atoms with Gasteiger partial charge in [-0.3, -0.25) is 4.90 Å². The Bertz CT molecular complexity index is 332. The highest BCUT2D eigenvalue weighted by Crippen LogP contribution is 2.59. The molecule has 2 aliphatic rings. The van der Waals surface area contributed by atoms with Crippen LogP contribution >= 0.6 is 0 Å². The van der Waals surface area contributed by atoms with Crippen molar-refractivity contribution < 1.29 is 0 Å². The number of hydrogen-bond acceptors (Lipinski definition) is 2. The molecule has 2 N–H and O–H groups in total. The molecule has 0 aromatic rings. The zero-order valence-corrected chi connectivity index (χ0v) is 15.7. The molecule has 0 amide bonds. The van der Waals surface area contributed by atoms with Crippen LogP contribution in [-0.4, -0.2) is 30.1 Å². The van der Waals surface area contributed by atoms with Crippen LogP contribution in [0.4, 0.5) is 0 Å². The predicted octanol–water partition coefficient (Wildman–Crippen LogP) is 4.97. The maximum Gasteiger partial charge on any atom is 0.0209 e. The average Bonchev–Trinajstić information content (AvgIpc) is 2.72. The van der Waals surface area contributed by atoms with E-state index in [2.05, 4.69) is 32.6 Å². The van der Waals surface area contributed by atoms with Gasteiger partial charge < -0.3 is 5.73 Å². The van der Waals surface area contributed by atoms with Gasteiger partial charge >= 0.3 is 0 Å². The highest BCUT2D eigenvalue weighted by atomic mass is 15.2. The lowest BCUT2D eigenvalue weighted by molar-refractivity contribution is -0.0100. The fourth-order valence-electron chi connectivity index (χ4n) is 5.75. The minimum atomic E-state index is 0.368. The van der Waals surface area contributed by atoms with Crippen molar-refractivity contribution in [2.45, 2.75) is 97.4 Å². The summed E-state index contributed by atoms with van der Waals surface area (Å²) in [6, 6.07) is 0. The summed E-state index contributed by atoms with van der Waals surface area (Å²) in [4.78, 5) is 2.74. The van der Waals surface area contributed by atoms with Gasteiger partial charge in [0.15, 0.2) is 0 Å². The molecule has 1 aliphatic heterocycles. The summed E-state index contributed by atoms with van der Waals surface area (Å²) in [5.41, 5.74) is 7.36. The Kier molecular flexibility index (Phi) is 5.99. The van der Waals surface area contributed by atoms with Crippen LogP contribution in [0, 0.1) is 10.8 Å². The van der Waals surface area contributed by atoms with Crippen LogP contribution in [0.3, 0.4) is 0 Å². The first-order chi connectivity index (χ1) is 10.5. The standard InChI is InChI=1S/C20H40N2/c1-5-8-19(9-6-2)10-12-20(13-11-19)14-17-22(16-7-15-21)18(20,3)4/h5-17,21H2,1-4H3. The molecule has 1 aliphatic carbocycles. The van der Waals surface area contributed by atoms with Crippen molar-refractivity contribution >= 4 is 0 Å². The van der Waals surface area contributed by atoms with Crippen LogP contribution in [0.2, 0.25) is 0 Å². The molecule has 2 heteroatoms. The van der Waals surface area contributed by atoms with Crippen molar-refractivity contribution in [3.8, 4) is 0 Å². The molecule has 0 unspecified atom stereocenters. The van der Waals surface area contributed by atoms with E-state index in [1.807, 2.05) is 0 Å². The van der Waals surface area contributed by atoms with Gasteiger partial charge in [-0.1, -0.05) is 26.7 Å². The smallest absolute Gasteiger partial charge is 0.0209 e. The van der Waals surface area contributed by atoms with Gasteiger partial charge in [0.25, 0.3) is 0 Å². The van der Waals surface area contributed by atoms with Crippen LogP contribution in [0.15, 0.2) is 0 Å². The Labute approximate surface area is 139 Å². The fraction of sp³-hybridized carbons (Fsp3) is 1.00. The van der Waals surface area contributed by atoms with Crippen LogP contribution in [0.5, 0.6) is 0 Å². The zero-order chi connectivity index (χ0) is 16.3. The minimum absolute atomic E-state index is 0.368. The van der Waals surface area contributed by atoms with Gasteiger partial charge in [0.1, 0.15) is 0 Å². The van der Waals surface area contributed by atoms with E-state index in [4.69, 9.17) is 5.73 Å². The Balaban J connectivity index is 2.05. The summed E-state index contributed by atoms with van der Waals surface area (Å²) in [5, 5.41) is 0. The van der Waals surface area contributed by atoms with E-state index in [1.54, 1.807) is 0 Å². The van der Waals surface area contributed by atoms with Crippen molar-refractivity contribution in [3.63, 3.8) is 0 Å². The van der Waals surface area contributed by atoms with E-state index in [1.165, 1.54) is 70.9 Å². The van der Waals surface area contributed by atoms with Gasteiger partial charge in [-0.15, -0.1) is 0 Å². The number of rotatable bonds is 7. The first-order valence-electron chi connectivity index (χ1n) is 9.90. The summed E-state index contributed by atoms with van der Waals surface area (Å²) >= 11 is 0.